The molecule has 1 N–H and O–H groups in total. The van der Waals surface area contributed by atoms with Crippen molar-refractivity contribution in [1.82, 2.24) is 4.98 Å². The van der Waals surface area contributed by atoms with E-state index < -0.39 is 0 Å². The van der Waals surface area contributed by atoms with Gasteiger partial charge < -0.3 is 9.84 Å². The quantitative estimate of drug-likeness (QED) is 0.937. The highest BCUT2D eigenvalue weighted by atomic mass is 79.9. The van der Waals surface area contributed by atoms with E-state index in [-0.39, 0.29) is 6.61 Å². The van der Waals surface area contributed by atoms with Crippen molar-refractivity contribution in [3.05, 3.63) is 51.7 Å². The molecule has 2 rings (SSSR count). The standard InChI is InChI=1S/C12H9BrClNO2/c13-9-2-1-8(7-16)12(3-9)17-11-4-10(14)5-15-6-11/h1-6,16H,7H2. The van der Waals surface area contributed by atoms with Crippen molar-refractivity contribution in [1.29, 1.82) is 0 Å². The monoisotopic (exact) mass is 313 g/mol. The smallest absolute Gasteiger partial charge is 0.147 e. The SMILES string of the molecule is OCc1ccc(Br)cc1Oc1cncc(Cl)c1. The molecule has 17 heavy (non-hydrogen) atoms. The minimum absolute atomic E-state index is 0.0867. The highest BCUT2D eigenvalue weighted by Gasteiger charge is 2.05. The molecule has 1 aromatic heterocycles. The van der Waals surface area contributed by atoms with Crippen molar-refractivity contribution in [2.75, 3.05) is 0 Å². The molecule has 0 atom stereocenters. The van der Waals surface area contributed by atoms with Crippen molar-refractivity contribution < 1.29 is 9.84 Å². The van der Waals surface area contributed by atoms with E-state index in [1.165, 1.54) is 6.20 Å². The summed E-state index contributed by atoms with van der Waals surface area (Å²) >= 11 is 9.16. The molecule has 0 unspecified atom stereocenters. The third-order valence-corrected chi connectivity index (χ3v) is 2.81. The normalized spacial score (nSPS) is 10.3. The second-order valence-electron chi connectivity index (χ2n) is 3.35. The van der Waals surface area contributed by atoms with E-state index in [1.54, 1.807) is 24.4 Å². The minimum atomic E-state index is -0.0867. The van der Waals surface area contributed by atoms with Crippen molar-refractivity contribution in [3.63, 3.8) is 0 Å². The molecule has 88 valence electrons. The van der Waals surface area contributed by atoms with E-state index in [4.69, 9.17) is 16.3 Å². The predicted molar refractivity (Wildman–Crippen MR) is 69.4 cm³/mol. The summed E-state index contributed by atoms with van der Waals surface area (Å²) in [6, 6.07) is 7.08. The lowest BCUT2D eigenvalue weighted by Gasteiger charge is -2.09. The van der Waals surface area contributed by atoms with Crippen LogP contribution in [0.15, 0.2) is 41.1 Å². The van der Waals surface area contributed by atoms with Crippen LogP contribution in [0.2, 0.25) is 5.02 Å². The lowest BCUT2D eigenvalue weighted by Crippen LogP contribution is -1.92. The van der Waals surface area contributed by atoms with Crippen LogP contribution in [0.25, 0.3) is 0 Å². The third-order valence-electron chi connectivity index (χ3n) is 2.11. The topological polar surface area (TPSA) is 42.4 Å². The number of aliphatic hydroxyl groups excluding tert-OH is 1. The fourth-order valence-corrected chi connectivity index (χ4v) is 1.83. The van der Waals surface area contributed by atoms with Gasteiger partial charge in [-0.1, -0.05) is 33.6 Å². The highest BCUT2D eigenvalue weighted by Crippen LogP contribution is 2.29. The molecule has 3 nitrogen and oxygen atoms in total. The molecule has 1 heterocycles. The number of nitrogens with zero attached hydrogens (tertiary/aromatic N) is 1. The number of hydrogen-bond acceptors (Lipinski definition) is 3. The molecule has 0 aliphatic carbocycles. The molecule has 0 amide bonds. The van der Waals surface area contributed by atoms with Gasteiger partial charge in [0, 0.05) is 22.3 Å². The number of halogens is 2. The number of pyridine rings is 1. The highest BCUT2D eigenvalue weighted by molar-refractivity contribution is 9.10. The number of aliphatic hydroxyl groups is 1. The van der Waals surface area contributed by atoms with E-state index in [2.05, 4.69) is 20.9 Å². The van der Waals surface area contributed by atoms with Crippen LogP contribution in [-0.4, -0.2) is 10.1 Å². The third kappa shape index (κ3) is 3.19. The first kappa shape index (κ1) is 12.4. The molecule has 0 fully saturated rings. The maximum Gasteiger partial charge on any atom is 0.147 e. The van der Waals surface area contributed by atoms with Crippen molar-refractivity contribution >= 4 is 27.5 Å². The average molecular weight is 315 g/mol. The zero-order valence-electron chi connectivity index (χ0n) is 8.73. The summed E-state index contributed by atoms with van der Waals surface area (Å²) in [6.45, 7) is -0.0867. The van der Waals surface area contributed by atoms with Crippen LogP contribution >= 0.6 is 27.5 Å². The zero-order chi connectivity index (χ0) is 12.3. The molecule has 0 saturated heterocycles. The molecule has 0 saturated carbocycles. The van der Waals surface area contributed by atoms with Gasteiger partial charge in [-0.25, -0.2) is 0 Å². The Bertz CT molecular complexity index is 534. The molecule has 0 radical (unpaired) electrons. The summed E-state index contributed by atoms with van der Waals surface area (Å²) < 4.78 is 6.50. The number of benzene rings is 1. The van der Waals surface area contributed by atoms with Crippen LogP contribution in [0.5, 0.6) is 11.5 Å². The Hall–Kier alpha value is -1.10. The van der Waals surface area contributed by atoms with Gasteiger partial charge in [0.2, 0.25) is 0 Å². The first-order valence-electron chi connectivity index (χ1n) is 4.87. The Balaban J connectivity index is 2.32. The molecule has 0 bridgehead atoms. The van der Waals surface area contributed by atoms with E-state index in [9.17, 15) is 5.11 Å². The minimum Gasteiger partial charge on any atom is -0.455 e. The summed E-state index contributed by atoms with van der Waals surface area (Å²) in [5.41, 5.74) is 0.702. The van der Waals surface area contributed by atoms with Gasteiger partial charge in [0.15, 0.2) is 0 Å². The number of hydrogen-bond donors (Lipinski definition) is 1. The van der Waals surface area contributed by atoms with E-state index in [0.29, 0.717) is 22.1 Å². The Labute approximate surface area is 112 Å². The van der Waals surface area contributed by atoms with Crippen LogP contribution in [0, 0.1) is 0 Å². The van der Waals surface area contributed by atoms with Crippen LogP contribution < -0.4 is 4.74 Å². The largest absolute Gasteiger partial charge is 0.455 e. The second kappa shape index (κ2) is 5.49. The van der Waals surface area contributed by atoms with Crippen molar-refractivity contribution in [3.8, 4) is 11.5 Å². The van der Waals surface area contributed by atoms with E-state index >= 15 is 0 Å². The molecule has 0 aliphatic heterocycles. The van der Waals surface area contributed by atoms with E-state index in [0.717, 1.165) is 4.47 Å². The van der Waals surface area contributed by atoms with Crippen LogP contribution in [0.1, 0.15) is 5.56 Å². The first-order valence-corrected chi connectivity index (χ1v) is 6.04. The second-order valence-corrected chi connectivity index (χ2v) is 4.70. The molecule has 5 heteroatoms. The summed E-state index contributed by atoms with van der Waals surface area (Å²) in [5.74, 6) is 1.11. The van der Waals surface area contributed by atoms with Crippen LogP contribution in [0.4, 0.5) is 0 Å². The Morgan fingerprint density at radius 3 is 2.82 bits per heavy atom. The van der Waals surface area contributed by atoms with Gasteiger partial charge in [-0.2, -0.15) is 0 Å². The van der Waals surface area contributed by atoms with Crippen LogP contribution in [-0.2, 0) is 6.61 Å². The lowest BCUT2D eigenvalue weighted by atomic mass is 10.2. The van der Waals surface area contributed by atoms with Gasteiger partial charge in [0.25, 0.3) is 0 Å². The maximum absolute atomic E-state index is 9.20. The van der Waals surface area contributed by atoms with Crippen molar-refractivity contribution in [2.24, 2.45) is 0 Å². The van der Waals surface area contributed by atoms with Crippen molar-refractivity contribution in [2.45, 2.75) is 6.61 Å². The first-order chi connectivity index (χ1) is 8.19. The van der Waals surface area contributed by atoms with Crippen LogP contribution in [0.3, 0.4) is 0 Å². The van der Waals surface area contributed by atoms with Gasteiger partial charge >= 0.3 is 0 Å². The molecular weight excluding hydrogens is 305 g/mol. The van der Waals surface area contributed by atoms with Gasteiger partial charge in [0.05, 0.1) is 17.8 Å². The summed E-state index contributed by atoms with van der Waals surface area (Å²) in [7, 11) is 0. The summed E-state index contributed by atoms with van der Waals surface area (Å²) in [5, 5.41) is 9.71. The Morgan fingerprint density at radius 2 is 2.12 bits per heavy atom. The molecule has 0 spiro atoms. The predicted octanol–water partition coefficient (Wildman–Crippen LogP) is 3.78. The fourth-order valence-electron chi connectivity index (χ4n) is 1.33. The maximum atomic E-state index is 9.20. The average Bonchev–Trinajstić information content (AvgIpc) is 2.29. The molecule has 1 aromatic carbocycles. The summed E-state index contributed by atoms with van der Waals surface area (Å²) in [4.78, 5) is 3.93. The van der Waals surface area contributed by atoms with Gasteiger partial charge in [-0.15, -0.1) is 0 Å². The zero-order valence-corrected chi connectivity index (χ0v) is 11.1. The Kier molecular flexibility index (Phi) is 3.99. The number of rotatable bonds is 3. The molecular formula is C12H9BrClNO2. The van der Waals surface area contributed by atoms with Gasteiger partial charge in [0.1, 0.15) is 11.5 Å². The molecule has 0 aliphatic rings. The molecule has 2 aromatic rings. The Morgan fingerprint density at radius 1 is 1.29 bits per heavy atom. The number of aromatic nitrogens is 1. The fraction of sp³-hybridized carbons (Fsp3) is 0.0833. The lowest BCUT2D eigenvalue weighted by molar-refractivity contribution is 0.276. The van der Waals surface area contributed by atoms with Gasteiger partial charge in [-0.3, -0.25) is 4.98 Å². The summed E-state index contributed by atoms with van der Waals surface area (Å²) in [6.07, 6.45) is 3.09. The number of ether oxygens (including phenoxy) is 1. The van der Waals surface area contributed by atoms with Gasteiger partial charge in [-0.05, 0) is 12.1 Å². The van der Waals surface area contributed by atoms with E-state index in [1.807, 2.05) is 6.07 Å².